The lowest BCUT2D eigenvalue weighted by Gasteiger charge is -2.05. The van der Waals surface area contributed by atoms with Gasteiger partial charge in [-0.3, -0.25) is 4.57 Å². The lowest BCUT2D eigenvalue weighted by Crippen LogP contribution is -2.04. The van der Waals surface area contributed by atoms with Crippen LogP contribution >= 0.6 is 60.2 Å². The van der Waals surface area contributed by atoms with Crippen molar-refractivity contribution in [1.82, 2.24) is 0 Å². The van der Waals surface area contributed by atoms with Crippen LogP contribution in [0.15, 0.2) is 11.9 Å². The smallest absolute Gasteiger partial charge is 0.274 e. The van der Waals surface area contributed by atoms with Crippen LogP contribution in [0.1, 0.15) is 6.92 Å². The molecule has 0 aliphatic rings. The fourth-order valence-corrected chi connectivity index (χ4v) is 1.68. The van der Waals surface area contributed by atoms with Crippen molar-refractivity contribution in [3.63, 3.8) is 0 Å². The molecule has 0 amide bonds. The Labute approximate surface area is 92.7 Å². The van der Waals surface area contributed by atoms with Crippen LogP contribution in [0.4, 0.5) is 0 Å². The van der Waals surface area contributed by atoms with Crippen LogP contribution in [-0.4, -0.2) is 9.65 Å². The van der Waals surface area contributed by atoms with Crippen LogP contribution in [0.25, 0.3) is 0 Å². The van der Waals surface area contributed by atoms with Crippen molar-refractivity contribution in [3.8, 4) is 0 Å². The first-order valence-electron chi connectivity index (χ1n) is 2.79. The normalized spacial score (nSPS) is 18.6. The van der Waals surface area contributed by atoms with E-state index < -0.39 is 5.85 Å². The predicted octanol–water partition coefficient (Wildman–Crippen LogP) is 4.72. The predicted molar refractivity (Wildman–Crippen MR) is 59.6 cm³/mol. The molecule has 0 spiro atoms. The first kappa shape index (κ1) is 12.5. The first-order chi connectivity index (χ1) is 4.83. The monoisotopic (exact) mass is 342 g/mol. The van der Waals surface area contributed by atoms with Crippen molar-refractivity contribution >= 4 is 60.2 Å². The Balaban J connectivity index is 4.04. The maximum absolute atomic E-state index is 10.7. The highest BCUT2D eigenvalue weighted by atomic mass is 79.9. The molecule has 0 aromatic heterocycles. The number of hydrogen-bond donors (Lipinski definition) is 0. The molecule has 0 radical (unpaired) electrons. The van der Waals surface area contributed by atoms with E-state index >= 15 is 0 Å². The summed E-state index contributed by atoms with van der Waals surface area (Å²) in [5.74, 6) is -1.73. The van der Waals surface area contributed by atoms with E-state index in [0.717, 1.165) is 0 Å². The summed E-state index contributed by atoms with van der Waals surface area (Å²) in [4.78, 5) is 0.340. The molecule has 66 valence electrons. The molecule has 2 unspecified atom stereocenters. The molecule has 0 saturated carbocycles. The van der Waals surface area contributed by atoms with Gasteiger partial charge in [-0.25, -0.2) is 0 Å². The molecule has 0 aliphatic heterocycles. The van der Waals surface area contributed by atoms with Crippen LogP contribution in [0.3, 0.4) is 0 Å². The summed E-state index contributed by atoms with van der Waals surface area (Å²) in [5.41, 5.74) is 0. The zero-order valence-electron chi connectivity index (χ0n) is 5.68. The third kappa shape index (κ3) is 7.86. The van der Waals surface area contributed by atoms with E-state index in [0.29, 0.717) is 0 Å². The quantitative estimate of drug-likeness (QED) is 0.535. The maximum Gasteiger partial charge on any atom is 0.274 e. The first-order valence-corrected chi connectivity index (χ1v) is 8.21. The van der Waals surface area contributed by atoms with E-state index in [2.05, 4.69) is 31.9 Å². The van der Waals surface area contributed by atoms with Gasteiger partial charge in [-0.15, -0.1) is 0 Å². The minimum atomic E-state index is -3.05. The van der Waals surface area contributed by atoms with Crippen molar-refractivity contribution < 1.29 is 4.57 Å². The third-order valence-corrected chi connectivity index (χ3v) is 4.45. The Bertz CT molecular complexity index is 189. The van der Waals surface area contributed by atoms with Gasteiger partial charge >= 0.3 is 0 Å². The van der Waals surface area contributed by atoms with Gasteiger partial charge in [-0.2, -0.15) is 0 Å². The van der Waals surface area contributed by atoms with Gasteiger partial charge in [0.1, 0.15) is 0 Å². The Morgan fingerprint density at radius 3 is 2.18 bits per heavy atom. The molecule has 0 fully saturated rings. The van der Waals surface area contributed by atoms with Crippen molar-refractivity contribution in [2.75, 3.05) is 0 Å². The van der Waals surface area contributed by atoms with Gasteiger partial charge < -0.3 is 0 Å². The lowest BCUT2D eigenvalue weighted by molar-refractivity contribution is 0.597. The van der Waals surface area contributed by atoms with E-state index in [-0.39, 0.29) is 9.65 Å². The van der Waals surface area contributed by atoms with Crippen LogP contribution in [0.5, 0.6) is 0 Å². The largest absolute Gasteiger partial charge is 0.285 e. The van der Waals surface area contributed by atoms with Crippen LogP contribution in [0, 0.1) is 0 Å². The van der Waals surface area contributed by atoms with Crippen molar-refractivity contribution in [2.45, 2.75) is 16.6 Å². The summed E-state index contributed by atoms with van der Waals surface area (Å²) in [6, 6.07) is 0. The summed E-state index contributed by atoms with van der Waals surface area (Å²) < 4.78 is 10.7. The minimum absolute atomic E-state index is 0.0910. The highest BCUT2D eigenvalue weighted by Crippen LogP contribution is 2.58. The fourth-order valence-electron chi connectivity index (χ4n) is 0.336. The number of alkyl halides is 2. The minimum Gasteiger partial charge on any atom is -0.285 e. The summed E-state index contributed by atoms with van der Waals surface area (Å²) in [5, 5.41) is 0. The van der Waals surface area contributed by atoms with Gasteiger partial charge in [0.2, 0.25) is 0 Å². The Kier molecular flexibility index (Phi) is 6.01. The SMILES string of the molecule is CC(Br)C(Br)/C=C/P(=O)(Cl)Cl. The van der Waals surface area contributed by atoms with E-state index in [4.69, 9.17) is 22.5 Å². The molecule has 0 aromatic rings. The number of rotatable bonds is 3. The molecule has 0 aromatic carbocycles. The highest BCUT2D eigenvalue weighted by molar-refractivity contribution is 9.12. The molecule has 1 nitrogen and oxygen atoms in total. The standard InChI is InChI=1S/C5H7Br2Cl2OP/c1-4(6)5(7)2-3-11(8,9)10/h2-5H,1H3/b3-2+. The van der Waals surface area contributed by atoms with E-state index in [1.807, 2.05) is 6.92 Å². The highest BCUT2D eigenvalue weighted by Gasteiger charge is 2.11. The van der Waals surface area contributed by atoms with Crippen molar-refractivity contribution in [1.29, 1.82) is 0 Å². The maximum atomic E-state index is 10.7. The Morgan fingerprint density at radius 2 is 1.91 bits per heavy atom. The van der Waals surface area contributed by atoms with Crippen LogP contribution < -0.4 is 0 Å². The average Bonchev–Trinajstić information content (AvgIpc) is 1.80. The van der Waals surface area contributed by atoms with Gasteiger partial charge in [0.05, 0.1) is 0 Å². The van der Waals surface area contributed by atoms with Gasteiger partial charge in [-0.1, -0.05) is 44.9 Å². The third-order valence-electron chi connectivity index (χ3n) is 0.882. The average molecular weight is 345 g/mol. The lowest BCUT2D eigenvalue weighted by atomic mass is 10.3. The Morgan fingerprint density at radius 1 is 1.45 bits per heavy atom. The number of hydrogen-bond acceptors (Lipinski definition) is 1. The van der Waals surface area contributed by atoms with Gasteiger partial charge in [0.25, 0.3) is 5.85 Å². The topological polar surface area (TPSA) is 17.1 Å². The summed E-state index contributed by atoms with van der Waals surface area (Å²) in [7, 11) is 0. The molecule has 0 N–H and O–H groups in total. The second-order valence-corrected chi connectivity index (χ2v) is 9.30. The van der Waals surface area contributed by atoms with E-state index in [9.17, 15) is 4.57 Å². The number of halogens is 4. The van der Waals surface area contributed by atoms with Crippen LogP contribution in [-0.2, 0) is 4.57 Å². The molecular weight excluding hydrogens is 338 g/mol. The molecule has 0 bridgehead atoms. The Hall–Kier alpha value is 1.51. The summed E-state index contributed by atoms with van der Waals surface area (Å²) in [6.07, 6.45) is 1.67. The van der Waals surface area contributed by atoms with Crippen molar-refractivity contribution in [3.05, 3.63) is 11.9 Å². The van der Waals surface area contributed by atoms with E-state index in [1.165, 1.54) is 5.82 Å². The molecular formula is C5H7Br2Cl2OP. The van der Waals surface area contributed by atoms with Crippen LogP contribution in [0.2, 0.25) is 0 Å². The molecule has 6 heteroatoms. The molecule has 0 rings (SSSR count). The molecule has 2 atom stereocenters. The van der Waals surface area contributed by atoms with Gasteiger partial charge in [0.15, 0.2) is 0 Å². The van der Waals surface area contributed by atoms with Gasteiger partial charge in [0, 0.05) is 15.5 Å². The number of allylic oxidation sites excluding steroid dienone is 1. The molecule has 0 aliphatic carbocycles. The second kappa shape index (κ2) is 5.29. The van der Waals surface area contributed by atoms with Crippen molar-refractivity contribution in [2.24, 2.45) is 0 Å². The molecule has 11 heavy (non-hydrogen) atoms. The zero-order valence-corrected chi connectivity index (χ0v) is 11.3. The van der Waals surface area contributed by atoms with E-state index in [1.54, 1.807) is 6.08 Å². The zero-order chi connectivity index (χ0) is 9.07. The fraction of sp³-hybridized carbons (Fsp3) is 0.600. The molecule has 0 heterocycles. The summed E-state index contributed by atoms with van der Waals surface area (Å²) in [6.45, 7) is 1.96. The second-order valence-electron chi connectivity index (χ2n) is 1.97. The summed E-state index contributed by atoms with van der Waals surface area (Å²) >= 11 is 17.2. The van der Waals surface area contributed by atoms with Gasteiger partial charge in [-0.05, 0) is 22.5 Å². The molecule has 0 saturated heterocycles.